The Balaban J connectivity index is 2.03. The molecule has 2 amide bonds. The van der Waals surface area contributed by atoms with Crippen molar-refractivity contribution in [1.82, 2.24) is 14.8 Å². The van der Waals surface area contributed by atoms with E-state index in [-0.39, 0.29) is 24.4 Å². The zero-order chi connectivity index (χ0) is 31.2. The number of benzene rings is 2. The molecule has 1 heterocycles. The second kappa shape index (κ2) is 13.7. The first kappa shape index (κ1) is 32.4. The van der Waals surface area contributed by atoms with E-state index in [1.54, 1.807) is 17.2 Å². The van der Waals surface area contributed by atoms with Crippen molar-refractivity contribution >= 4 is 17.8 Å². The van der Waals surface area contributed by atoms with Gasteiger partial charge in [0.05, 0.1) is 18.7 Å². The largest absolute Gasteiger partial charge is 0.480 e. The lowest BCUT2D eigenvalue weighted by atomic mass is 9.82. The topological polar surface area (TPSA) is 138 Å². The minimum absolute atomic E-state index is 0.000532. The van der Waals surface area contributed by atoms with E-state index in [2.05, 4.69) is 5.32 Å². The summed E-state index contributed by atoms with van der Waals surface area (Å²) in [6.45, 7) is 6.87. The zero-order valence-electron chi connectivity index (χ0n) is 24.2. The Morgan fingerprint density at radius 2 is 1.74 bits per heavy atom. The normalized spacial score (nSPS) is 13.7. The van der Waals surface area contributed by atoms with Gasteiger partial charge in [0.1, 0.15) is 17.7 Å². The highest BCUT2D eigenvalue weighted by Crippen LogP contribution is 2.41. The highest BCUT2D eigenvalue weighted by Gasteiger charge is 2.36. The molecule has 11 heteroatoms. The number of carbonyl (C=O) groups is 3. The van der Waals surface area contributed by atoms with Gasteiger partial charge in [0.2, 0.25) is 11.8 Å². The van der Waals surface area contributed by atoms with Gasteiger partial charge in [-0.15, -0.1) is 0 Å². The number of aliphatic hydroxyl groups excluding tert-OH is 1. The monoisotopic (exact) mass is 584 g/mol. The fraction of sp³-hybridized carbons (Fsp3) is 0.387. The maximum atomic E-state index is 14.9. The molecular formula is C31H38F2N4O5. The number of amides is 2. The van der Waals surface area contributed by atoms with Crippen molar-refractivity contribution in [3.8, 4) is 11.1 Å². The number of aliphatic carboxylic acids is 1. The van der Waals surface area contributed by atoms with Crippen molar-refractivity contribution in [2.45, 2.75) is 58.8 Å². The fourth-order valence-electron chi connectivity index (χ4n) is 4.95. The summed E-state index contributed by atoms with van der Waals surface area (Å²) in [6, 6.07) is 11.3. The number of nitrogens with two attached hydrogens (primary N) is 1. The smallest absolute Gasteiger partial charge is 0.328 e. The standard InChI is InChI=1S/C31H38F2N4O5/c1-19(39)37(13-12-25(34)29(40)35-26(18-38)30(41)42)28(31(2,3)4)27-14-21(23-15-22(32)10-11-24(23)33)17-36(27)16-20-8-6-5-7-9-20/h5-11,14-15,17,25-26,28,38H,12-13,16,18,34H2,1-4H3,(H,35,40)(H,41,42). The van der Waals surface area contributed by atoms with Crippen LogP contribution in [0.3, 0.4) is 0 Å². The van der Waals surface area contributed by atoms with Crippen molar-refractivity contribution in [3.05, 3.63) is 83.7 Å². The summed E-state index contributed by atoms with van der Waals surface area (Å²) >= 11 is 0. The third-order valence-electron chi connectivity index (χ3n) is 7.00. The van der Waals surface area contributed by atoms with Gasteiger partial charge >= 0.3 is 5.97 Å². The van der Waals surface area contributed by atoms with Gasteiger partial charge in [-0.2, -0.15) is 0 Å². The first-order valence-electron chi connectivity index (χ1n) is 13.6. The number of halogens is 2. The van der Waals surface area contributed by atoms with Gasteiger partial charge in [-0.1, -0.05) is 51.1 Å². The number of hydrogen-bond acceptors (Lipinski definition) is 5. The van der Waals surface area contributed by atoms with Crippen molar-refractivity contribution in [1.29, 1.82) is 0 Å². The van der Waals surface area contributed by atoms with E-state index in [9.17, 15) is 28.3 Å². The van der Waals surface area contributed by atoms with Gasteiger partial charge in [0.15, 0.2) is 0 Å². The molecule has 0 spiro atoms. The Morgan fingerprint density at radius 3 is 2.31 bits per heavy atom. The molecule has 0 fully saturated rings. The van der Waals surface area contributed by atoms with Crippen LogP contribution in [-0.4, -0.2) is 62.7 Å². The molecule has 3 atom stereocenters. The zero-order valence-corrected chi connectivity index (χ0v) is 24.2. The second-order valence-electron chi connectivity index (χ2n) is 11.3. The van der Waals surface area contributed by atoms with Crippen molar-refractivity contribution < 1.29 is 33.4 Å². The van der Waals surface area contributed by atoms with Gasteiger partial charge in [0.25, 0.3) is 0 Å². The first-order valence-corrected chi connectivity index (χ1v) is 13.6. The molecule has 1 aromatic heterocycles. The van der Waals surface area contributed by atoms with Gasteiger partial charge in [0, 0.05) is 43.0 Å². The van der Waals surface area contributed by atoms with Crippen LogP contribution in [0.2, 0.25) is 0 Å². The van der Waals surface area contributed by atoms with Crippen LogP contribution in [0.1, 0.15) is 51.4 Å². The van der Waals surface area contributed by atoms with Crippen LogP contribution in [0, 0.1) is 17.0 Å². The number of carbonyl (C=O) groups excluding carboxylic acids is 2. The van der Waals surface area contributed by atoms with E-state index < -0.39 is 53.7 Å². The molecule has 5 N–H and O–H groups in total. The lowest BCUT2D eigenvalue weighted by molar-refractivity contribution is -0.143. The lowest BCUT2D eigenvalue weighted by Crippen LogP contribution is -2.51. The SMILES string of the molecule is CC(=O)N(CCC(N)C(=O)NC(CO)C(=O)O)C(c1cc(-c2cc(F)ccc2F)cn1Cc1ccccc1)C(C)(C)C. The molecular weight excluding hydrogens is 546 g/mol. The van der Waals surface area contributed by atoms with Crippen molar-refractivity contribution in [2.75, 3.05) is 13.2 Å². The minimum atomic E-state index is -1.50. The van der Waals surface area contributed by atoms with Gasteiger partial charge in [-0.05, 0) is 41.7 Å². The van der Waals surface area contributed by atoms with E-state index in [0.29, 0.717) is 17.8 Å². The maximum Gasteiger partial charge on any atom is 0.328 e. The fourth-order valence-corrected chi connectivity index (χ4v) is 4.95. The van der Waals surface area contributed by atoms with Crippen LogP contribution >= 0.6 is 0 Å². The molecule has 42 heavy (non-hydrogen) atoms. The van der Waals surface area contributed by atoms with Crippen LogP contribution in [0.25, 0.3) is 11.1 Å². The number of carboxylic acids is 1. The van der Waals surface area contributed by atoms with E-state index >= 15 is 0 Å². The Bertz CT molecular complexity index is 1400. The molecule has 0 aliphatic heterocycles. The van der Waals surface area contributed by atoms with E-state index in [1.165, 1.54) is 6.92 Å². The quantitative estimate of drug-likeness (QED) is 0.256. The predicted molar refractivity (Wildman–Crippen MR) is 154 cm³/mol. The van der Waals surface area contributed by atoms with E-state index in [4.69, 9.17) is 10.8 Å². The van der Waals surface area contributed by atoms with E-state index in [0.717, 1.165) is 23.8 Å². The van der Waals surface area contributed by atoms with Crippen LogP contribution in [-0.2, 0) is 20.9 Å². The summed E-state index contributed by atoms with van der Waals surface area (Å²) < 4.78 is 30.9. The van der Waals surface area contributed by atoms with Crippen molar-refractivity contribution in [2.24, 2.45) is 11.1 Å². The number of aromatic nitrogens is 1. The molecule has 0 bridgehead atoms. The molecule has 0 aliphatic rings. The summed E-state index contributed by atoms with van der Waals surface area (Å²) in [5.74, 6) is -3.65. The van der Waals surface area contributed by atoms with Crippen LogP contribution < -0.4 is 11.1 Å². The molecule has 226 valence electrons. The Kier molecular flexibility index (Phi) is 10.6. The van der Waals surface area contributed by atoms with Crippen LogP contribution in [0.5, 0.6) is 0 Å². The maximum absolute atomic E-state index is 14.9. The summed E-state index contributed by atoms with van der Waals surface area (Å²) in [6.07, 6.45) is 1.73. The van der Waals surface area contributed by atoms with Gasteiger partial charge in [-0.3, -0.25) is 9.59 Å². The summed E-state index contributed by atoms with van der Waals surface area (Å²) in [5.41, 5.74) is 7.64. The Morgan fingerprint density at radius 1 is 1.07 bits per heavy atom. The Hall–Kier alpha value is -4.09. The van der Waals surface area contributed by atoms with Crippen molar-refractivity contribution in [3.63, 3.8) is 0 Å². The number of rotatable bonds is 12. The number of aliphatic hydroxyl groups is 1. The number of carboxylic acid groups (broad SMARTS) is 1. The minimum Gasteiger partial charge on any atom is -0.480 e. The molecule has 3 aromatic rings. The predicted octanol–water partition coefficient (Wildman–Crippen LogP) is 3.70. The van der Waals surface area contributed by atoms with Crippen LogP contribution in [0.15, 0.2) is 60.8 Å². The summed E-state index contributed by atoms with van der Waals surface area (Å²) in [4.78, 5) is 38.4. The second-order valence-corrected chi connectivity index (χ2v) is 11.3. The highest BCUT2D eigenvalue weighted by atomic mass is 19.1. The number of hydrogen-bond donors (Lipinski definition) is 4. The molecule has 0 saturated heterocycles. The molecule has 9 nitrogen and oxygen atoms in total. The molecule has 2 aromatic carbocycles. The third kappa shape index (κ3) is 8.01. The molecule has 3 rings (SSSR count). The first-order chi connectivity index (χ1) is 19.7. The number of nitrogens with zero attached hydrogens (tertiary/aromatic N) is 2. The molecule has 0 radical (unpaired) electrons. The number of nitrogens with one attached hydrogen (secondary N) is 1. The van der Waals surface area contributed by atoms with E-state index in [1.807, 2.05) is 55.7 Å². The highest BCUT2D eigenvalue weighted by molar-refractivity contribution is 5.86. The third-order valence-corrected chi connectivity index (χ3v) is 7.00. The van der Waals surface area contributed by atoms with Gasteiger partial charge < -0.3 is 30.7 Å². The molecule has 0 aliphatic carbocycles. The Labute approximate surface area is 243 Å². The molecule has 0 saturated carbocycles. The summed E-state index contributed by atoms with van der Waals surface area (Å²) in [7, 11) is 0. The summed E-state index contributed by atoms with van der Waals surface area (Å²) in [5, 5.41) is 20.5. The average molecular weight is 585 g/mol. The van der Waals surface area contributed by atoms with Crippen LogP contribution in [0.4, 0.5) is 8.78 Å². The lowest BCUT2D eigenvalue weighted by Gasteiger charge is -2.41. The molecule has 3 unspecified atom stereocenters. The average Bonchev–Trinajstić information content (AvgIpc) is 3.32. The van der Waals surface area contributed by atoms with Gasteiger partial charge in [-0.25, -0.2) is 13.6 Å².